The van der Waals surface area contributed by atoms with Crippen LogP contribution in [0.4, 0.5) is 17.2 Å². The average Bonchev–Trinajstić information content (AvgIpc) is 2.99. The maximum Gasteiger partial charge on any atom is 0.260 e. The molecular formula is C29H36N4O3. The molecular weight excluding hydrogens is 452 g/mol. The third-order valence-corrected chi connectivity index (χ3v) is 6.60. The van der Waals surface area contributed by atoms with Gasteiger partial charge < -0.3 is 19.3 Å². The van der Waals surface area contributed by atoms with E-state index in [-0.39, 0.29) is 5.91 Å². The Labute approximate surface area is 214 Å². The highest BCUT2D eigenvalue weighted by atomic mass is 16.5. The van der Waals surface area contributed by atoms with Crippen LogP contribution in [0, 0.1) is 0 Å². The van der Waals surface area contributed by atoms with Gasteiger partial charge in [-0.1, -0.05) is 31.2 Å². The molecule has 0 N–H and O–H groups in total. The first-order chi connectivity index (χ1) is 17.5. The van der Waals surface area contributed by atoms with Crippen molar-refractivity contribution in [2.75, 3.05) is 44.2 Å². The highest BCUT2D eigenvalue weighted by molar-refractivity contribution is 6.13. The highest BCUT2D eigenvalue weighted by Crippen LogP contribution is 2.37. The zero-order valence-electron chi connectivity index (χ0n) is 21.8. The van der Waals surface area contributed by atoms with Crippen molar-refractivity contribution in [1.82, 2.24) is 9.97 Å². The second-order valence-electron chi connectivity index (χ2n) is 9.15. The van der Waals surface area contributed by atoms with Crippen molar-refractivity contribution in [2.45, 2.75) is 45.4 Å². The molecule has 190 valence electrons. The van der Waals surface area contributed by atoms with Crippen LogP contribution in [-0.4, -0.2) is 50.3 Å². The Morgan fingerprint density at radius 2 is 1.75 bits per heavy atom. The number of carbonyl (C=O) groups excluding carboxylic acids is 1. The molecule has 1 amide bonds. The Bertz CT molecular complexity index is 1200. The predicted octanol–water partition coefficient (Wildman–Crippen LogP) is 5.38. The fourth-order valence-corrected chi connectivity index (χ4v) is 4.53. The van der Waals surface area contributed by atoms with Crippen molar-refractivity contribution >= 4 is 23.1 Å². The van der Waals surface area contributed by atoms with Gasteiger partial charge in [0.2, 0.25) is 0 Å². The molecule has 0 saturated carbocycles. The minimum Gasteiger partial charge on any atom is -0.496 e. The number of ether oxygens (including phenoxy) is 2. The van der Waals surface area contributed by atoms with Crippen LogP contribution in [0.25, 0.3) is 0 Å². The van der Waals surface area contributed by atoms with Crippen LogP contribution in [0.2, 0.25) is 0 Å². The topological polar surface area (TPSA) is 67.8 Å². The number of fused-ring (bicyclic) bond motifs is 2. The van der Waals surface area contributed by atoms with Gasteiger partial charge >= 0.3 is 0 Å². The number of benzene rings is 2. The van der Waals surface area contributed by atoms with Gasteiger partial charge in [-0.05, 0) is 61.4 Å². The van der Waals surface area contributed by atoms with E-state index in [1.807, 2.05) is 36.2 Å². The van der Waals surface area contributed by atoms with Gasteiger partial charge in [-0.3, -0.25) is 4.79 Å². The molecule has 0 unspecified atom stereocenters. The summed E-state index contributed by atoms with van der Waals surface area (Å²) in [5.41, 5.74) is 4.61. The molecule has 0 fully saturated rings. The summed E-state index contributed by atoms with van der Waals surface area (Å²) < 4.78 is 11.3. The zero-order chi connectivity index (χ0) is 25.5. The van der Waals surface area contributed by atoms with E-state index < -0.39 is 0 Å². The van der Waals surface area contributed by atoms with E-state index in [9.17, 15) is 4.79 Å². The van der Waals surface area contributed by atoms with Crippen LogP contribution >= 0.6 is 0 Å². The maximum atomic E-state index is 13.0. The summed E-state index contributed by atoms with van der Waals surface area (Å²) >= 11 is 0. The van der Waals surface area contributed by atoms with Crippen LogP contribution in [0.5, 0.6) is 5.75 Å². The summed E-state index contributed by atoms with van der Waals surface area (Å²) in [5.74, 6) is 2.30. The molecule has 1 aliphatic rings. The number of rotatable bonds is 11. The van der Waals surface area contributed by atoms with Gasteiger partial charge in [0.15, 0.2) is 5.82 Å². The SMILES string of the molecule is CCCOCCCCc1ccc(CCc2ncc3c(n2)N(C)c2ccccc2C(=O)N3C)c(OC)c1. The number of aryl methyl sites for hydroxylation is 3. The molecule has 0 saturated heterocycles. The number of carbonyl (C=O) groups is 1. The molecule has 0 atom stereocenters. The van der Waals surface area contributed by atoms with Crippen LogP contribution in [0.15, 0.2) is 48.7 Å². The Morgan fingerprint density at radius 3 is 2.56 bits per heavy atom. The van der Waals surface area contributed by atoms with Crippen molar-refractivity contribution in [1.29, 1.82) is 0 Å². The number of methoxy groups -OCH3 is 1. The first-order valence-electron chi connectivity index (χ1n) is 12.7. The second-order valence-corrected chi connectivity index (χ2v) is 9.15. The summed E-state index contributed by atoms with van der Waals surface area (Å²) in [6.07, 6.45) is 7.44. The van der Waals surface area contributed by atoms with Gasteiger partial charge in [0.1, 0.15) is 17.3 Å². The molecule has 2 heterocycles. The minimum absolute atomic E-state index is 0.0640. The number of anilines is 3. The lowest BCUT2D eigenvalue weighted by molar-refractivity contribution is 0.0994. The van der Waals surface area contributed by atoms with Crippen molar-refractivity contribution in [3.05, 3.63) is 71.2 Å². The average molecular weight is 489 g/mol. The minimum atomic E-state index is -0.0640. The lowest BCUT2D eigenvalue weighted by atomic mass is 10.0. The summed E-state index contributed by atoms with van der Waals surface area (Å²) in [4.78, 5) is 26.0. The van der Waals surface area contributed by atoms with Crippen molar-refractivity contribution < 1.29 is 14.3 Å². The Kier molecular flexibility index (Phi) is 8.54. The number of amides is 1. The molecule has 0 aliphatic carbocycles. The smallest absolute Gasteiger partial charge is 0.260 e. The van der Waals surface area contributed by atoms with Gasteiger partial charge in [-0.25, -0.2) is 9.97 Å². The Morgan fingerprint density at radius 1 is 0.917 bits per heavy atom. The molecule has 1 aromatic heterocycles. The Hall–Kier alpha value is -3.45. The third-order valence-electron chi connectivity index (χ3n) is 6.60. The van der Waals surface area contributed by atoms with E-state index in [4.69, 9.17) is 14.5 Å². The molecule has 0 spiro atoms. The first kappa shape index (κ1) is 25.6. The zero-order valence-corrected chi connectivity index (χ0v) is 21.8. The number of aromatic nitrogens is 2. The summed E-state index contributed by atoms with van der Waals surface area (Å²) in [6, 6.07) is 14.1. The van der Waals surface area contributed by atoms with Gasteiger partial charge in [0.25, 0.3) is 5.91 Å². The van der Waals surface area contributed by atoms with E-state index in [1.54, 1.807) is 25.3 Å². The van der Waals surface area contributed by atoms with Crippen LogP contribution < -0.4 is 14.5 Å². The maximum absolute atomic E-state index is 13.0. The van der Waals surface area contributed by atoms with Crippen molar-refractivity contribution in [2.24, 2.45) is 0 Å². The van der Waals surface area contributed by atoms with Crippen LogP contribution in [0.3, 0.4) is 0 Å². The number of para-hydroxylation sites is 1. The van der Waals surface area contributed by atoms with Crippen LogP contribution in [-0.2, 0) is 24.0 Å². The van der Waals surface area contributed by atoms with Gasteiger partial charge in [-0.15, -0.1) is 0 Å². The van der Waals surface area contributed by atoms with E-state index in [0.717, 1.165) is 74.0 Å². The second kappa shape index (κ2) is 12.0. The molecule has 36 heavy (non-hydrogen) atoms. The van der Waals surface area contributed by atoms with E-state index in [1.165, 1.54) is 5.56 Å². The molecule has 2 aromatic carbocycles. The standard InChI is InChI=1S/C29H36N4O3/c1-5-17-36-18-9-8-10-21-13-14-22(26(19-21)35-4)15-16-27-30-20-25-28(31-27)32(2)24-12-7-6-11-23(24)29(34)33(25)3/h6-7,11-14,19-20H,5,8-10,15-18H2,1-4H3. The van der Waals surface area contributed by atoms with E-state index in [2.05, 4.69) is 30.1 Å². The molecule has 1 aliphatic heterocycles. The normalized spacial score (nSPS) is 12.8. The van der Waals surface area contributed by atoms with Gasteiger partial charge in [-0.2, -0.15) is 0 Å². The highest BCUT2D eigenvalue weighted by Gasteiger charge is 2.28. The molecule has 7 heteroatoms. The van der Waals surface area contributed by atoms with Gasteiger partial charge in [0.05, 0.1) is 24.6 Å². The fraction of sp³-hybridized carbons (Fsp3) is 0.414. The lowest BCUT2D eigenvalue weighted by Gasteiger charge is -2.21. The largest absolute Gasteiger partial charge is 0.496 e. The van der Waals surface area contributed by atoms with Crippen LogP contribution in [0.1, 0.15) is 53.5 Å². The molecule has 4 rings (SSSR count). The lowest BCUT2D eigenvalue weighted by Crippen LogP contribution is -2.25. The predicted molar refractivity (Wildman–Crippen MR) is 144 cm³/mol. The summed E-state index contributed by atoms with van der Waals surface area (Å²) in [5, 5.41) is 0. The summed E-state index contributed by atoms with van der Waals surface area (Å²) in [7, 11) is 5.43. The third kappa shape index (κ3) is 5.68. The molecule has 0 radical (unpaired) electrons. The fourth-order valence-electron chi connectivity index (χ4n) is 4.53. The van der Waals surface area contributed by atoms with Crippen molar-refractivity contribution in [3.8, 4) is 5.75 Å². The number of unbranched alkanes of at least 4 members (excludes halogenated alkanes) is 1. The quantitative estimate of drug-likeness (QED) is 0.338. The molecule has 7 nitrogen and oxygen atoms in total. The number of hydrogen-bond acceptors (Lipinski definition) is 6. The summed E-state index contributed by atoms with van der Waals surface area (Å²) in [6.45, 7) is 3.80. The van der Waals surface area contributed by atoms with E-state index >= 15 is 0 Å². The van der Waals surface area contributed by atoms with E-state index in [0.29, 0.717) is 17.7 Å². The van der Waals surface area contributed by atoms with Gasteiger partial charge in [0, 0.05) is 33.7 Å². The van der Waals surface area contributed by atoms with Crippen molar-refractivity contribution in [3.63, 3.8) is 0 Å². The molecule has 0 bridgehead atoms. The first-order valence-corrected chi connectivity index (χ1v) is 12.7. The Balaban J connectivity index is 1.45. The number of hydrogen-bond donors (Lipinski definition) is 0. The monoisotopic (exact) mass is 488 g/mol. The molecule has 3 aromatic rings. The number of nitrogens with zero attached hydrogens (tertiary/aromatic N) is 4.